The number of methoxy groups -OCH3 is 1. The van der Waals surface area contributed by atoms with Crippen LogP contribution >= 0.6 is 0 Å². The summed E-state index contributed by atoms with van der Waals surface area (Å²) in [5.74, 6) is -0.272. The van der Waals surface area contributed by atoms with Crippen LogP contribution in [-0.2, 0) is 0 Å². The summed E-state index contributed by atoms with van der Waals surface area (Å²) < 4.78 is 29.7. The molecular weight excluding hydrogens is 204 g/mol. The summed E-state index contributed by atoms with van der Waals surface area (Å²) in [6.45, 7) is 1.26. The molecule has 0 fully saturated rings. The first kappa shape index (κ1) is 11.4. The lowest BCUT2D eigenvalue weighted by molar-refractivity contribution is 0.101. The van der Waals surface area contributed by atoms with E-state index in [1.165, 1.54) is 14.0 Å². The van der Waals surface area contributed by atoms with Gasteiger partial charge in [-0.05, 0) is 19.1 Å². The molecule has 0 saturated carbocycles. The number of ketones is 1. The van der Waals surface area contributed by atoms with Gasteiger partial charge in [0, 0.05) is 11.1 Å². The number of benzene rings is 1. The van der Waals surface area contributed by atoms with Gasteiger partial charge in [0.25, 0.3) is 6.43 Å². The number of hydrogen-bond donors (Lipinski definition) is 1. The Morgan fingerprint density at radius 3 is 2.47 bits per heavy atom. The van der Waals surface area contributed by atoms with Crippen LogP contribution in [0.2, 0.25) is 0 Å². The van der Waals surface area contributed by atoms with Crippen LogP contribution in [0.25, 0.3) is 0 Å². The minimum absolute atomic E-state index is 0.0599. The van der Waals surface area contributed by atoms with Crippen molar-refractivity contribution in [2.24, 2.45) is 0 Å². The molecule has 2 N–H and O–H groups in total. The van der Waals surface area contributed by atoms with E-state index in [1.54, 1.807) is 0 Å². The fourth-order valence-corrected chi connectivity index (χ4v) is 1.23. The number of rotatable bonds is 3. The summed E-state index contributed by atoms with van der Waals surface area (Å²) in [5.41, 5.74) is 5.45. The van der Waals surface area contributed by atoms with Gasteiger partial charge in [-0.25, -0.2) is 8.78 Å². The van der Waals surface area contributed by atoms with Crippen molar-refractivity contribution in [3.63, 3.8) is 0 Å². The second kappa shape index (κ2) is 4.25. The Balaban J connectivity index is 3.38. The van der Waals surface area contributed by atoms with Gasteiger partial charge in [0.15, 0.2) is 5.78 Å². The van der Waals surface area contributed by atoms with Gasteiger partial charge in [0.1, 0.15) is 5.75 Å². The summed E-state index contributed by atoms with van der Waals surface area (Å²) in [4.78, 5) is 11.1. The zero-order valence-electron chi connectivity index (χ0n) is 8.38. The van der Waals surface area contributed by atoms with E-state index in [0.29, 0.717) is 0 Å². The molecule has 1 rings (SSSR count). The lowest BCUT2D eigenvalue weighted by Gasteiger charge is -2.10. The van der Waals surface area contributed by atoms with Crippen LogP contribution in [-0.4, -0.2) is 12.9 Å². The van der Waals surface area contributed by atoms with Crippen LogP contribution in [0.15, 0.2) is 12.1 Å². The van der Waals surface area contributed by atoms with Crippen molar-refractivity contribution in [2.45, 2.75) is 13.3 Å². The fraction of sp³-hybridized carbons (Fsp3) is 0.300. The van der Waals surface area contributed by atoms with E-state index >= 15 is 0 Å². The lowest BCUT2D eigenvalue weighted by Crippen LogP contribution is -2.04. The second-order valence-corrected chi connectivity index (χ2v) is 3.04. The van der Waals surface area contributed by atoms with Gasteiger partial charge in [0.05, 0.1) is 12.8 Å². The highest BCUT2D eigenvalue weighted by Crippen LogP contribution is 2.31. The van der Waals surface area contributed by atoms with Crippen LogP contribution in [0, 0.1) is 0 Å². The number of ether oxygens (including phenoxy) is 1. The first-order chi connectivity index (χ1) is 6.97. The number of hydrogen-bond acceptors (Lipinski definition) is 3. The zero-order valence-corrected chi connectivity index (χ0v) is 8.38. The van der Waals surface area contributed by atoms with Crippen LogP contribution in [0.3, 0.4) is 0 Å². The van der Waals surface area contributed by atoms with Crippen molar-refractivity contribution in [3.05, 3.63) is 23.3 Å². The fourth-order valence-electron chi connectivity index (χ4n) is 1.23. The van der Waals surface area contributed by atoms with Crippen molar-refractivity contribution in [3.8, 4) is 5.75 Å². The molecule has 0 bridgehead atoms. The van der Waals surface area contributed by atoms with Crippen LogP contribution in [0.5, 0.6) is 5.75 Å². The Labute approximate surface area is 85.8 Å². The molecule has 0 unspecified atom stereocenters. The average molecular weight is 215 g/mol. The third kappa shape index (κ3) is 2.23. The highest BCUT2D eigenvalue weighted by atomic mass is 19.3. The smallest absolute Gasteiger partial charge is 0.264 e. The Bertz CT molecular complexity index is 391. The van der Waals surface area contributed by atoms with Crippen LogP contribution in [0.1, 0.15) is 29.3 Å². The van der Waals surface area contributed by atoms with Crippen molar-refractivity contribution in [2.75, 3.05) is 12.8 Å². The molecule has 0 saturated heterocycles. The van der Waals surface area contributed by atoms with Crippen molar-refractivity contribution in [1.29, 1.82) is 0 Å². The van der Waals surface area contributed by atoms with Gasteiger partial charge in [0.2, 0.25) is 0 Å². The molecule has 0 aliphatic carbocycles. The molecule has 1 aromatic carbocycles. The number of carbonyl (C=O) groups excluding carboxylic acids is 1. The predicted octanol–water partition coefficient (Wildman–Crippen LogP) is 2.42. The molecular formula is C10H11F2NO2. The van der Waals surface area contributed by atoms with Gasteiger partial charge in [-0.1, -0.05) is 0 Å². The normalized spacial score (nSPS) is 10.5. The molecule has 3 nitrogen and oxygen atoms in total. The molecule has 0 aliphatic rings. The molecule has 15 heavy (non-hydrogen) atoms. The molecule has 0 heterocycles. The van der Waals surface area contributed by atoms with Crippen molar-refractivity contribution < 1.29 is 18.3 Å². The van der Waals surface area contributed by atoms with Gasteiger partial charge < -0.3 is 10.5 Å². The van der Waals surface area contributed by atoms with E-state index in [-0.39, 0.29) is 28.3 Å². The SMILES string of the molecule is COc1cc(C(F)F)cc(C(C)=O)c1N. The van der Waals surface area contributed by atoms with E-state index < -0.39 is 6.43 Å². The third-order valence-corrected chi connectivity index (χ3v) is 2.02. The van der Waals surface area contributed by atoms with Gasteiger partial charge in [-0.3, -0.25) is 4.79 Å². The number of nitrogen functional groups attached to an aromatic ring is 1. The summed E-state index contributed by atoms with van der Waals surface area (Å²) in [7, 11) is 1.31. The Morgan fingerprint density at radius 2 is 2.07 bits per heavy atom. The molecule has 0 aliphatic heterocycles. The maximum Gasteiger partial charge on any atom is 0.264 e. The van der Waals surface area contributed by atoms with Crippen molar-refractivity contribution >= 4 is 11.5 Å². The Hall–Kier alpha value is -1.65. The average Bonchev–Trinajstić information content (AvgIpc) is 2.17. The minimum atomic E-state index is -2.66. The molecule has 5 heteroatoms. The standard InChI is InChI=1S/C10H11F2NO2/c1-5(14)7-3-6(10(11)12)4-8(15-2)9(7)13/h3-4,10H,13H2,1-2H3. The molecule has 82 valence electrons. The highest BCUT2D eigenvalue weighted by molar-refractivity contribution is 6.00. The van der Waals surface area contributed by atoms with Crippen LogP contribution in [0.4, 0.5) is 14.5 Å². The molecule has 1 aromatic rings. The summed E-state index contributed by atoms with van der Waals surface area (Å²) in [6, 6.07) is 2.22. The number of Topliss-reactive ketones (excluding diaryl/α,β-unsaturated/α-hetero) is 1. The van der Waals surface area contributed by atoms with E-state index in [0.717, 1.165) is 12.1 Å². The topological polar surface area (TPSA) is 52.3 Å². The molecule has 0 radical (unpaired) electrons. The monoisotopic (exact) mass is 215 g/mol. The zero-order chi connectivity index (χ0) is 11.6. The third-order valence-electron chi connectivity index (χ3n) is 2.02. The maximum absolute atomic E-state index is 12.5. The first-order valence-electron chi connectivity index (χ1n) is 4.23. The molecule has 0 amide bonds. The van der Waals surface area contributed by atoms with Gasteiger partial charge in [-0.2, -0.15) is 0 Å². The number of nitrogens with two attached hydrogens (primary N) is 1. The van der Waals surface area contributed by atoms with E-state index in [4.69, 9.17) is 10.5 Å². The van der Waals surface area contributed by atoms with Gasteiger partial charge >= 0.3 is 0 Å². The number of alkyl halides is 2. The van der Waals surface area contributed by atoms with E-state index in [9.17, 15) is 13.6 Å². The maximum atomic E-state index is 12.5. The molecule has 0 aromatic heterocycles. The first-order valence-corrected chi connectivity index (χ1v) is 4.23. The quantitative estimate of drug-likeness (QED) is 0.622. The number of anilines is 1. The minimum Gasteiger partial charge on any atom is -0.495 e. The predicted molar refractivity (Wildman–Crippen MR) is 52.4 cm³/mol. The number of carbonyl (C=O) groups is 1. The van der Waals surface area contributed by atoms with Crippen LogP contribution < -0.4 is 10.5 Å². The Morgan fingerprint density at radius 1 is 1.47 bits per heavy atom. The summed E-state index contributed by atoms with van der Waals surface area (Å²) in [5, 5.41) is 0. The van der Waals surface area contributed by atoms with E-state index in [1.807, 2.05) is 0 Å². The Kier molecular flexibility index (Phi) is 3.24. The molecule has 0 atom stereocenters. The highest BCUT2D eigenvalue weighted by Gasteiger charge is 2.16. The summed E-state index contributed by atoms with van der Waals surface area (Å²) in [6.07, 6.45) is -2.66. The second-order valence-electron chi connectivity index (χ2n) is 3.04. The van der Waals surface area contributed by atoms with Gasteiger partial charge in [-0.15, -0.1) is 0 Å². The summed E-state index contributed by atoms with van der Waals surface area (Å²) >= 11 is 0. The molecule has 0 spiro atoms. The van der Waals surface area contributed by atoms with Crippen molar-refractivity contribution in [1.82, 2.24) is 0 Å². The lowest BCUT2D eigenvalue weighted by atomic mass is 10.0. The van der Waals surface area contributed by atoms with E-state index in [2.05, 4.69) is 0 Å². The largest absolute Gasteiger partial charge is 0.495 e. The number of halogens is 2.